The van der Waals surface area contributed by atoms with Crippen LogP contribution in [0.15, 0.2) is 0 Å². The highest BCUT2D eigenvalue weighted by atomic mass is 16.4. The van der Waals surface area contributed by atoms with Crippen LogP contribution in [0.1, 0.15) is 51.9 Å². The maximum Gasteiger partial charge on any atom is 0.303 e. The molecule has 0 aromatic carbocycles. The first-order valence-corrected chi connectivity index (χ1v) is 8.56. The molecule has 118 valence electrons. The van der Waals surface area contributed by atoms with Crippen LogP contribution in [0, 0.1) is 35.5 Å². The molecule has 0 radical (unpaired) electrons. The third-order valence-corrected chi connectivity index (χ3v) is 6.14. The first kappa shape index (κ1) is 14.9. The molecular weight excluding hydrogens is 266 g/mol. The summed E-state index contributed by atoms with van der Waals surface area (Å²) in [5.41, 5.74) is 0. The van der Waals surface area contributed by atoms with Gasteiger partial charge in [0.1, 0.15) is 0 Å². The van der Waals surface area contributed by atoms with Gasteiger partial charge < -0.3 is 10.4 Å². The molecule has 21 heavy (non-hydrogen) atoms. The maximum absolute atomic E-state index is 12.6. The van der Waals surface area contributed by atoms with E-state index in [9.17, 15) is 9.59 Å². The number of nitrogens with one attached hydrogen (secondary N) is 1. The van der Waals surface area contributed by atoms with Crippen molar-refractivity contribution in [3.8, 4) is 0 Å². The molecule has 4 bridgehead atoms. The number of carboxylic acid groups (broad SMARTS) is 1. The Hall–Kier alpha value is -1.06. The van der Waals surface area contributed by atoms with Gasteiger partial charge in [-0.15, -0.1) is 0 Å². The van der Waals surface area contributed by atoms with Crippen LogP contribution in [0.3, 0.4) is 0 Å². The minimum atomic E-state index is -0.772. The normalized spacial score (nSPS) is 38.2. The molecule has 1 atom stereocenters. The fourth-order valence-electron chi connectivity index (χ4n) is 5.32. The summed E-state index contributed by atoms with van der Waals surface area (Å²) in [6, 6.07) is 0. The summed E-state index contributed by atoms with van der Waals surface area (Å²) in [7, 11) is 0. The Labute approximate surface area is 126 Å². The van der Waals surface area contributed by atoms with Crippen LogP contribution < -0.4 is 5.32 Å². The number of aliphatic carboxylic acids is 1. The van der Waals surface area contributed by atoms with Crippen molar-refractivity contribution >= 4 is 11.9 Å². The zero-order valence-electron chi connectivity index (χ0n) is 12.9. The zero-order valence-corrected chi connectivity index (χ0v) is 12.9. The molecule has 0 aromatic heterocycles. The molecule has 1 unspecified atom stereocenters. The average molecular weight is 293 g/mol. The van der Waals surface area contributed by atoms with Gasteiger partial charge in [0, 0.05) is 18.9 Å². The van der Waals surface area contributed by atoms with Gasteiger partial charge in [0.05, 0.1) is 0 Å². The molecule has 0 aromatic rings. The first-order valence-electron chi connectivity index (χ1n) is 8.56. The molecule has 0 saturated heterocycles. The molecule has 1 amide bonds. The summed E-state index contributed by atoms with van der Waals surface area (Å²) < 4.78 is 0. The number of rotatable bonds is 6. The summed E-state index contributed by atoms with van der Waals surface area (Å²) in [6.45, 7) is 2.51. The van der Waals surface area contributed by atoms with Crippen LogP contribution in [0.4, 0.5) is 0 Å². The minimum Gasteiger partial charge on any atom is -0.481 e. The molecule has 4 nitrogen and oxygen atoms in total. The van der Waals surface area contributed by atoms with Gasteiger partial charge in [-0.05, 0) is 61.7 Å². The lowest BCUT2D eigenvalue weighted by Gasteiger charge is -2.53. The highest BCUT2D eigenvalue weighted by Crippen LogP contribution is 2.56. The smallest absolute Gasteiger partial charge is 0.303 e. The minimum absolute atomic E-state index is 0.0586. The molecule has 0 heterocycles. The quantitative estimate of drug-likeness (QED) is 0.791. The van der Waals surface area contributed by atoms with E-state index < -0.39 is 5.97 Å². The number of amides is 1. The molecule has 4 heteroatoms. The van der Waals surface area contributed by atoms with Crippen molar-refractivity contribution in [2.75, 3.05) is 6.54 Å². The second-order valence-corrected chi connectivity index (χ2v) is 7.57. The van der Waals surface area contributed by atoms with Crippen molar-refractivity contribution in [1.29, 1.82) is 0 Å². The van der Waals surface area contributed by atoms with Gasteiger partial charge in [0.2, 0.25) is 5.91 Å². The lowest BCUT2D eigenvalue weighted by atomic mass is 9.51. The Bertz CT molecular complexity index is 392. The standard InChI is InChI=1S/C17H27NO3/c1-2-10(8-15(19)20)9-18-17(21)16-13-4-11-3-12(6-13)7-14(16)5-11/h10-14,16H,2-9H2,1H3,(H,18,21)(H,19,20). The van der Waals surface area contributed by atoms with Gasteiger partial charge in [0.25, 0.3) is 0 Å². The second kappa shape index (κ2) is 5.98. The Morgan fingerprint density at radius 1 is 1.10 bits per heavy atom. The lowest BCUT2D eigenvalue weighted by molar-refractivity contribution is -0.140. The van der Waals surface area contributed by atoms with Gasteiger partial charge in [-0.1, -0.05) is 13.3 Å². The van der Waals surface area contributed by atoms with Gasteiger partial charge in [-0.3, -0.25) is 9.59 Å². The number of carbonyl (C=O) groups is 2. The summed E-state index contributed by atoms with van der Waals surface area (Å²) in [4.78, 5) is 23.4. The SMILES string of the molecule is CCC(CNC(=O)C1C2CC3CC(C2)CC1C3)CC(=O)O. The van der Waals surface area contributed by atoms with Crippen molar-refractivity contribution in [3.63, 3.8) is 0 Å². The highest BCUT2D eigenvalue weighted by Gasteiger charge is 2.50. The third-order valence-electron chi connectivity index (χ3n) is 6.14. The summed E-state index contributed by atoms with van der Waals surface area (Å²) >= 11 is 0. The van der Waals surface area contributed by atoms with E-state index in [1.807, 2.05) is 6.92 Å². The van der Waals surface area contributed by atoms with Gasteiger partial charge in [-0.2, -0.15) is 0 Å². The van der Waals surface area contributed by atoms with E-state index in [1.54, 1.807) is 0 Å². The fourth-order valence-corrected chi connectivity index (χ4v) is 5.32. The van der Waals surface area contributed by atoms with Crippen molar-refractivity contribution in [1.82, 2.24) is 5.32 Å². The number of carboxylic acids is 1. The van der Waals surface area contributed by atoms with Gasteiger partial charge in [0.15, 0.2) is 0 Å². The van der Waals surface area contributed by atoms with Crippen molar-refractivity contribution < 1.29 is 14.7 Å². The highest BCUT2D eigenvalue weighted by molar-refractivity contribution is 5.79. The molecule has 4 aliphatic carbocycles. The maximum atomic E-state index is 12.6. The molecular formula is C17H27NO3. The molecule has 4 fully saturated rings. The predicted octanol–water partition coefficient (Wildman–Crippen LogP) is 2.68. The van der Waals surface area contributed by atoms with E-state index >= 15 is 0 Å². The predicted molar refractivity (Wildman–Crippen MR) is 79.6 cm³/mol. The van der Waals surface area contributed by atoms with E-state index in [0.29, 0.717) is 18.4 Å². The van der Waals surface area contributed by atoms with E-state index in [0.717, 1.165) is 18.3 Å². The fraction of sp³-hybridized carbons (Fsp3) is 0.882. The topological polar surface area (TPSA) is 66.4 Å². The van der Waals surface area contributed by atoms with E-state index in [4.69, 9.17) is 5.11 Å². The number of carbonyl (C=O) groups excluding carboxylic acids is 1. The summed E-state index contributed by atoms with van der Waals surface area (Å²) in [5, 5.41) is 11.9. The van der Waals surface area contributed by atoms with Crippen molar-refractivity contribution in [3.05, 3.63) is 0 Å². The molecule has 0 aliphatic heterocycles. The Balaban J connectivity index is 1.55. The number of hydrogen-bond acceptors (Lipinski definition) is 2. The second-order valence-electron chi connectivity index (χ2n) is 7.57. The Morgan fingerprint density at radius 2 is 1.67 bits per heavy atom. The van der Waals surface area contributed by atoms with Crippen LogP contribution in [-0.2, 0) is 9.59 Å². The molecule has 4 rings (SSSR count). The van der Waals surface area contributed by atoms with E-state index in [2.05, 4.69) is 5.32 Å². The van der Waals surface area contributed by atoms with Crippen LogP contribution in [-0.4, -0.2) is 23.5 Å². The van der Waals surface area contributed by atoms with E-state index in [-0.39, 0.29) is 24.2 Å². The van der Waals surface area contributed by atoms with Crippen LogP contribution in [0.5, 0.6) is 0 Å². The van der Waals surface area contributed by atoms with Crippen LogP contribution in [0.2, 0.25) is 0 Å². The van der Waals surface area contributed by atoms with Crippen LogP contribution >= 0.6 is 0 Å². The number of hydrogen-bond donors (Lipinski definition) is 2. The van der Waals surface area contributed by atoms with Crippen LogP contribution in [0.25, 0.3) is 0 Å². The van der Waals surface area contributed by atoms with Gasteiger partial charge in [-0.25, -0.2) is 0 Å². The molecule has 4 saturated carbocycles. The molecule has 4 aliphatic rings. The lowest BCUT2D eigenvalue weighted by Crippen LogP contribution is -2.51. The monoisotopic (exact) mass is 293 g/mol. The Kier molecular flexibility index (Phi) is 4.23. The van der Waals surface area contributed by atoms with E-state index in [1.165, 1.54) is 32.1 Å². The first-order chi connectivity index (χ1) is 10.1. The largest absolute Gasteiger partial charge is 0.481 e. The molecule has 0 spiro atoms. The Morgan fingerprint density at radius 3 is 2.14 bits per heavy atom. The van der Waals surface area contributed by atoms with Crippen molar-refractivity contribution in [2.45, 2.75) is 51.9 Å². The third kappa shape index (κ3) is 3.09. The summed E-state index contributed by atoms with van der Waals surface area (Å²) in [5.74, 6) is 2.65. The van der Waals surface area contributed by atoms with Crippen molar-refractivity contribution in [2.24, 2.45) is 35.5 Å². The molecule has 2 N–H and O–H groups in total. The zero-order chi connectivity index (χ0) is 15.0. The average Bonchev–Trinajstić information content (AvgIpc) is 2.41. The summed E-state index contributed by atoms with van der Waals surface area (Å²) in [6.07, 6.45) is 7.34. The van der Waals surface area contributed by atoms with Gasteiger partial charge >= 0.3 is 5.97 Å².